The van der Waals surface area contributed by atoms with E-state index in [4.69, 9.17) is 0 Å². The van der Waals surface area contributed by atoms with Crippen LogP contribution in [0.25, 0.3) is 5.69 Å². The molecule has 1 aliphatic heterocycles. The molecular weight excluding hydrogens is 374 g/mol. The van der Waals surface area contributed by atoms with E-state index < -0.39 is 0 Å². The van der Waals surface area contributed by atoms with Gasteiger partial charge in [0.05, 0.1) is 11.4 Å². The first-order valence-electron chi connectivity index (χ1n) is 8.91. The summed E-state index contributed by atoms with van der Waals surface area (Å²) in [5.41, 5.74) is 3.72. The van der Waals surface area contributed by atoms with Gasteiger partial charge < -0.3 is 10.2 Å². The predicted octanol–water partition coefficient (Wildman–Crippen LogP) is 2.91. The molecule has 28 heavy (non-hydrogen) atoms. The average Bonchev–Trinajstić information content (AvgIpc) is 3.33. The van der Waals surface area contributed by atoms with Crippen molar-refractivity contribution in [1.82, 2.24) is 14.8 Å². The van der Waals surface area contributed by atoms with Crippen LogP contribution >= 0.6 is 11.8 Å². The van der Waals surface area contributed by atoms with Crippen molar-refractivity contribution < 1.29 is 9.59 Å². The highest BCUT2D eigenvalue weighted by Crippen LogP contribution is 2.29. The minimum Gasteiger partial charge on any atom is -0.326 e. The molecule has 0 aliphatic carbocycles. The third-order valence-corrected chi connectivity index (χ3v) is 5.40. The lowest BCUT2D eigenvalue weighted by Gasteiger charge is -2.17. The second kappa shape index (κ2) is 7.85. The predicted molar refractivity (Wildman–Crippen MR) is 109 cm³/mol. The number of rotatable bonds is 5. The fraction of sp³-hybridized carbons (Fsp3) is 0.200. The molecule has 0 saturated carbocycles. The Morgan fingerprint density at radius 3 is 2.89 bits per heavy atom. The lowest BCUT2D eigenvalue weighted by atomic mass is 10.2. The summed E-state index contributed by atoms with van der Waals surface area (Å²) < 4.78 is 1.81. The summed E-state index contributed by atoms with van der Waals surface area (Å²) in [4.78, 5) is 25.8. The van der Waals surface area contributed by atoms with E-state index in [-0.39, 0.29) is 17.6 Å². The molecule has 0 fully saturated rings. The van der Waals surface area contributed by atoms with Gasteiger partial charge in [0.25, 0.3) is 0 Å². The highest BCUT2D eigenvalue weighted by atomic mass is 32.2. The topological polar surface area (TPSA) is 80.1 Å². The smallest absolute Gasteiger partial charge is 0.237 e. The van der Waals surface area contributed by atoms with Crippen LogP contribution in [-0.2, 0) is 16.0 Å². The summed E-state index contributed by atoms with van der Waals surface area (Å²) >= 11 is 1.35. The molecule has 7 nitrogen and oxygen atoms in total. The molecule has 0 saturated heterocycles. The van der Waals surface area contributed by atoms with Crippen LogP contribution in [0.1, 0.15) is 12.5 Å². The van der Waals surface area contributed by atoms with Crippen molar-refractivity contribution in [2.45, 2.75) is 18.5 Å². The first kappa shape index (κ1) is 18.2. The number of para-hydroxylation sites is 1. The van der Waals surface area contributed by atoms with Gasteiger partial charge in [-0.15, -0.1) is 10.2 Å². The van der Waals surface area contributed by atoms with Crippen molar-refractivity contribution in [1.29, 1.82) is 0 Å². The maximum Gasteiger partial charge on any atom is 0.237 e. The Labute approximate surface area is 166 Å². The number of nitrogens with one attached hydrogen (secondary N) is 1. The summed E-state index contributed by atoms with van der Waals surface area (Å²) in [6.45, 7) is 2.18. The van der Waals surface area contributed by atoms with Gasteiger partial charge in [0.15, 0.2) is 5.16 Å². The number of thioether (sulfide) groups is 1. The van der Waals surface area contributed by atoms with Gasteiger partial charge in [0, 0.05) is 24.8 Å². The third-order valence-electron chi connectivity index (χ3n) is 4.47. The van der Waals surface area contributed by atoms with Crippen LogP contribution in [0.2, 0.25) is 0 Å². The van der Waals surface area contributed by atoms with E-state index >= 15 is 0 Å². The summed E-state index contributed by atoms with van der Waals surface area (Å²) in [7, 11) is 0. The molecule has 4 rings (SSSR count). The number of hydrogen-bond donors (Lipinski definition) is 1. The first-order chi connectivity index (χ1) is 13.6. The highest BCUT2D eigenvalue weighted by molar-refractivity contribution is 7.99. The Bertz CT molecular complexity index is 1030. The average molecular weight is 393 g/mol. The van der Waals surface area contributed by atoms with E-state index in [0.29, 0.717) is 17.4 Å². The van der Waals surface area contributed by atoms with E-state index in [2.05, 4.69) is 21.6 Å². The maximum atomic E-state index is 12.7. The van der Waals surface area contributed by atoms with E-state index in [1.54, 1.807) is 10.9 Å². The van der Waals surface area contributed by atoms with Gasteiger partial charge in [-0.2, -0.15) is 0 Å². The van der Waals surface area contributed by atoms with Gasteiger partial charge in [-0.3, -0.25) is 14.2 Å². The van der Waals surface area contributed by atoms with E-state index in [1.807, 2.05) is 47.4 Å². The monoisotopic (exact) mass is 393 g/mol. The summed E-state index contributed by atoms with van der Waals surface area (Å²) in [6.07, 6.45) is 2.49. The van der Waals surface area contributed by atoms with Crippen LogP contribution in [0.3, 0.4) is 0 Å². The van der Waals surface area contributed by atoms with E-state index in [0.717, 1.165) is 17.8 Å². The van der Waals surface area contributed by atoms with Crippen LogP contribution < -0.4 is 10.2 Å². The third kappa shape index (κ3) is 3.77. The van der Waals surface area contributed by atoms with Gasteiger partial charge >= 0.3 is 0 Å². The number of amides is 2. The first-order valence-corrected chi connectivity index (χ1v) is 9.89. The molecule has 2 amide bonds. The Morgan fingerprint density at radius 2 is 2.04 bits per heavy atom. The molecule has 0 radical (unpaired) electrons. The second-order valence-electron chi connectivity index (χ2n) is 6.43. The number of carbonyl (C=O) groups excluding carboxylic acids is 2. The molecule has 0 spiro atoms. The molecule has 2 heterocycles. The number of fused-ring (bicyclic) bond motifs is 1. The number of nitrogens with zero attached hydrogens (tertiary/aromatic N) is 4. The molecule has 1 aliphatic rings. The van der Waals surface area contributed by atoms with Crippen molar-refractivity contribution >= 4 is 35.0 Å². The largest absolute Gasteiger partial charge is 0.326 e. The lowest BCUT2D eigenvalue weighted by Crippen LogP contribution is -2.30. The van der Waals surface area contributed by atoms with Crippen LogP contribution in [-0.4, -0.2) is 38.9 Å². The van der Waals surface area contributed by atoms with Crippen LogP contribution in [0.15, 0.2) is 60.0 Å². The number of carbonyl (C=O) groups is 2. The standard InChI is InChI=1S/C20H19N5O2S/c1-14(26)22-16-6-4-7-17(11-16)25-13-21-23-20(25)28-12-19(27)24-10-9-15-5-2-3-8-18(15)24/h2-8,11,13H,9-10,12H2,1H3,(H,22,26). The molecule has 0 atom stereocenters. The van der Waals surface area contributed by atoms with Gasteiger partial charge in [-0.25, -0.2) is 0 Å². The molecular formula is C20H19N5O2S. The van der Waals surface area contributed by atoms with E-state index in [9.17, 15) is 9.59 Å². The fourth-order valence-corrected chi connectivity index (χ4v) is 4.04. The van der Waals surface area contributed by atoms with Crippen molar-refractivity contribution in [2.24, 2.45) is 0 Å². The molecule has 0 unspecified atom stereocenters. The molecule has 8 heteroatoms. The van der Waals surface area contributed by atoms with Gasteiger partial charge in [-0.05, 0) is 36.2 Å². The molecule has 142 valence electrons. The number of hydrogen-bond acceptors (Lipinski definition) is 5. The number of aromatic nitrogens is 3. The van der Waals surface area contributed by atoms with Crippen LogP contribution in [0.4, 0.5) is 11.4 Å². The zero-order valence-electron chi connectivity index (χ0n) is 15.3. The van der Waals surface area contributed by atoms with Crippen LogP contribution in [0, 0.1) is 0 Å². The SMILES string of the molecule is CC(=O)Nc1cccc(-n2cnnc2SCC(=O)N2CCc3ccccc32)c1. The van der Waals surface area contributed by atoms with E-state index in [1.165, 1.54) is 24.2 Å². The normalized spacial score (nSPS) is 12.7. The van der Waals surface area contributed by atoms with Gasteiger partial charge in [0.1, 0.15) is 6.33 Å². The van der Waals surface area contributed by atoms with Crippen molar-refractivity contribution in [3.05, 3.63) is 60.4 Å². The Hall–Kier alpha value is -3.13. The Balaban J connectivity index is 1.47. The highest BCUT2D eigenvalue weighted by Gasteiger charge is 2.24. The second-order valence-corrected chi connectivity index (χ2v) is 7.37. The minimum atomic E-state index is -0.132. The van der Waals surface area contributed by atoms with Crippen molar-refractivity contribution in [3.63, 3.8) is 0 Å². The number of benzene rings is 2. The summed E-state index contributed by atoms with van der Waals surface area (Å²) in [5, 5.41) is 11.5. The summed E-state index contributed by atoms with van der Waals surface area (Å²) in [5.74, 6) is 0.196. The molecule has 0 bridgehead atoms. The zero-order chi connectivity index (χ0) is 19.5. The minimum absolute atomic E-state index is 0.0523. The van der Waals surface area contributed by atoms with Crippen LogP contribution in [0.5, 0.6) is 0 Å². The van der Waals surface area contributed by atoms with Gasteiger partial charge in [0.2, 0.25) is 11.8 Å². The summed E-state index contributed by atoms with van der Waals surface area (Å²) in [6, 6.07) is 15.4. The molecule has 1 aromatic heterocycles. The van der Waals surface area contributed by atoms with Gasteiger partial charge in [-0.1, -0.05) is 36.0 Å². The molecule has 3 aromatic rings. The fourth-order valence-electron chi connectivity index (χ4n) is 3.24. The Kier molecular flexibility index (Phi) is 5.12. The van der Waals surface area contributed by atoms with Crippen molar-refractivity contribution in [3.8, 4) is 5.69 Å². The number of anilines is 2. The maximum absolute atomic E-state index is 12.7. The molecule has 2 aromatic carbocycles. The molecule has 1 N–H and O–H groups in total. The van der Waals surface area contributed by atoms with Crippen molar-refractivity contribution in [2.75, 3.05) is 22.5 Å². The Morgan fingerprint density at radius 1 is 1.18 bits per heavy atom. The lowest BCUT2D eigenvalue weighted by molar-refractivity contribution is -0.116. The quantitative estimate of drug-likeness (QED) is 0.674. The zero-order valence-corrected chi connectivity index (χ0v) is 16.1.